The summed E-state index contributed by atoms with van der Waals surface area (Å²) >= 11 is 0. The molecule has 0 bridgehead atoms. The molecule has 1 N–H and O–H groups in total. The number of hydrogen-bond donors (Lipinski definition) is 2. The monoisotopic (exact) mass is 223 g/mol. The van der Waals surface area contributed by atoms with Crippen LogP contribution in [0.15, 0.2) is 0 Å². The molecule has 0 aromatic heterocycles. The van der Waals surface area contributed by atoms with Crippen LogP contribution in [0.3, 0.4) is 0 Å². The Hall–Kier alpha value is -0.130. The van der Waals surface area contributed by atoms with E-state index in [0.717, 1.165) is 19.4 Å². The van der Waals surface area contributed by atoms with Crippen LogP contribution in [0.4, 0.5) is 0 Å². The van der Waals surface area contributed by atoms with E-state index >= 15 is 0 Å². The highest BCUT2D eigenvalue weighted by atomic mass is 32.2. The molecule has 0 radical (unpaired) electrons. The van der Waals surface area contributed by atoms with E-state index in [-0.39, 0.29) is 0 Å². The minimum atomic E-state index is -2.44. The van der Waals surface area contributed by atoms with Crippen LogP contribution in [0.25, 0.3) is 0 Å². The zero-order valence-corrected chi connectivity index (χ0v) is 9.72. The van der Waals surface area contributed by atoms with E-state index in [9.17, 15) is 8.42 Å². The zero-order chi connectivity index (χ0) is 10.6. The molecule has 0 aliphatic heterocycles. The summed E-state index contributed by atoms with van der Waals surface area (Å²) in [7, 11) is -2.44. The van der Waals surface area contributed by atoms with Crippen molar-refractivity contribution < 1.29 is 13.2 Å². The lowest BCUT2D eigenvalue weighted by atomic mass is 10.2. The topological polar surface area (TPSA) is 55.4 Å². The first-order chi connectivity index (χ1) is 6.77. The highest BCUT2D eigenvalue weighted by Crippen LogP contribution is 1.98. The fourth-order valence-corrected chi connectivity index (χ4v) is 1.42. The summed E-state index contributed by atoms with van der Waals surface area (Å²) in [5.74, 6) is 0. The van der Waals surface area contributed by atoms with Crippen molar-refractivity contribution >= 4 is 10.9 Å². The second kappa shape index (κ2) is 10.9. The van der Waals surface area contributed by atoms with Gasteiger partial charge in [0.05, 0.1) is 0 Å². The Morgan fingerprint density at radius 1 is 1.07 bits per heavy atom. The van der Waals surface area contributed by atoms with Gasteiger partial charge in [-0.15, -0.1) is 0 Å². The molecule has 0 fully saturated rings. The largest absolute Gasteiger partial charge is 0.381 e. The van der Waals surface area contributed by atoms with Crippen LogP contribution in [0.1, 0.15) is 39.0 Å². The summed E-state index contributed by atoms with van der Waals surface area (Å²) in [5.41, 5.74) is 0. The number of unbranched alkanes of at least 4 members (excludes halogenated alkanes) is 3. The fraction of sp³-hybridized carbons (Fsp3) is 1.00. The predicted molar refractivity (Wildman–Crippen MR) is 57.9 cm³/mol. The summed E-state index contributed by atoms with van der Waals surface area (Å²) in [4.78, 5) is 0. The van der Waals surface area contributed by atoms with Crippen LogP contribution >= 0.6 is 0 Å². The van der Waals surface area contributed by atoms with Crippen LogP contribution in [0.5, 0.6) is 0 Å². The number of thiol groups is 1. The third kappa shape index (κ3) is 11.9. The van der Waals surface area contributed by atoms with Crippen LogP contribution in [0, 0.1) is 0 Å². The van der Waals surface area contributed by atoms with Crippen molar-refractivity contribution in [3.05, 3.63) is 0 Å². The molecule has 86 valence electrons. The van der Waals surface area contributed by atoms with Gasteiger partial charge in [0.25, 0.3) is 0 Å². The average molecular weight is 223 g/mol. The Morgan fingerprint density at radius 3 is 2.43 bits per heavy atom. The molecular weight excluding hydrogens is 202 g/mol. The number of rotatable bonds is 10. The molecule has 0 aliphatic rings. The molecule has 0 amide bonds. The van der Waals surface area contributed by atoms with Crippen LogP contribution in [0.2, 0.25) is 0 Å². The van der Waals surface area contributed by atoms with E-state index in [1.807, 2.05) is 0 Å². The Morgan fingerprint density at radius 2 is 1.79 bits per heavy atom. The maximum Gasteiger partial charge on any atom is 0.201 e. The molecule has 0 atom stereocenters. The van der Waals surface area contributed by atoms with E-state index in [4.69, 9.17) is 4.74 Å². The molecule has 0 heterocycles. The Kier molecular flexibility index (Phi) is 10.8. The normalized spacial score (nSPS) is 11.0. The zero-order valence-electron chi connectivity index (χ0n) is 8.83. The van der Waals surface area contributed by atoms with Gasteiger partial charge in [0.1, 0.15) is 0 Å². The maximum absolute atomic E-state index is 10.1. The molecule has 0 spiro atoms. The Balaban J connectivity index is 2.92. The molecule has 0 aromatic rings. The molecule has 0 aliphatic carbocycles. The van der Waals surface area contributed by atoms with E-state index in [1.165, 1.54) is 19.3 Å². The molecule has 0 rings (SSSR count). The molecule has 5 heteroatoms. The summed E-state index contributed by atoms with van der Waals surface area (Å²) in [6.07, 6.45) is 5.58. The minimum Gasteiger partial charge on any atom is -0.381 e. The second-order valence-corrected chi connectivity index (χ2v) is 4.02. The van der Waals surface area contributed by atoms with Crippen LogP contribution in [-0.4, -0.2) is 28.2 Å². The van der Waals surface area contributed by atoms with Crippen molar-refractivity contribution in [1.82, 2.24) is 4.72 Å². The van der Waals surface area contributed by atoms with Crippen molar-refractivity contribution in [3.8, 4) is 0 Å². The third-order valence-electron chi connectivity index (χ3n) is 1.85. The summed E-state index contributed by atoms with van der Waals surface area (Å²) < 4.78 is 27.8. The molecule has 0 aromatic carbocycles. The second-order valence-electron chi connectivity index (χ2n) is 3.19. The smallest absolute Gasteiger partial charge is 0.201 e. The standard InChI is InChI=1S/C9H21NO3S/c1-2-3-4-5-8-13-9-6-7-10-14(11)12/h14H,2-9H2,1H3,(H,10,11,12). The molecule has 0 unspecified atom stereocenters. The molecule has 4 nitrogen and oxygen atoms in total. The van der Waals surface area contributed by atoms with Gasteiger partial charge in [-0.25, -0.2) is 13.1 Å². The first kappa shape index (κ1) is 13.9. The average Bonchev–Trinajstić information content (AvgIpc) is 2.15. The minimum absolute atomic E-state index is 0.480. The van der Waals surface area contributed by atoms with Crippen molar-refractivity contribution in [2.45, 2.75) is 39.0 Å². The predicted octanol–water partition coefficient (Wildman–Crippen LogP) is 1.09. The van der Waals surface area contributed by atoms with Crippen LogP contribution < -0.4 is 4.72 Å². The number of nitrogens with one attached hydrogen (secondary N) is 1. The maximum atomic E-state index is 10.1. The van der Waals surface area contributed by atoms with E-state index in [1.54, 1.807) is 0 Å². The van der Waals surface area contributed by atoms with Gasteiger partial charge < -0.3 is 4.74 Å². The van der Waals surface area contributed by atoms with Crippen molar-refractivity contribution in [1.29, 1.82) is 0 Å². The van der Waals surface area contributed by atoms with E-state index in [2.05, 4.69) is 11.6 Å². The first-order valence-corrected chi connectivity index (χ1v) is 6.40. The number of hydrogen-bond acceptors (Lipinski definition) is 3. The van der Waals surface area contributed by atoms with Crippen molar-refractivity contribution in [2.75, 3.05) is 19.8 Å². The van der Waals surface area contributed by atoms with Gasteiger partial charge in [-0.05, 0) is 12.8 Å². The highest BCUT2D eigenvalue weighted by Gasteiger charge is 1.90. The fourth-order valence-electron chi connectivity index (χ4n) is 1.08. The first-order valence-electron chi connectivity index (χ1n) is 5.23. The van der Waals surface area contributed by atoms with Gasteiger partial charge in [-0.2, -0.15) is 0 Å². The summed E-state index contributed by atoms with van der Waals surface area (Å²) in [5, 5.41) is 0. The van der Waals surface area contributed by atoms with Gasteiger partial charge in [0, 0.05) is 19.8 Å². The molecular formula is C9H21NO3S. The number of ether oxygens (including phenoxy) is 1. The van der Waals surface area contributed by atoms with Crippen molar-refractivity contribution in [2.24, 2.45) is 0 Å². The quantitative estimate of drug-likeness (QED) is 0.430. The van der Waals surface area contributed by atoms with Gasteiger partial charge >= 0.3 is 0 Å². The summed E-state index contributed by atoms with van der Waals surface area (Å²) in [6.45, 7) is 4.09. The van der Waals surface area contributed by atoms with Crippen molar-refractivity contribution in [3.63, 3.8) is 0 Å². The van der Waals surface area contributed by atoms with E-state index < -0.39 is 10.9 Å². The lowest BCUT2D eigenvalue weighted by Gasteiger charge is -2.02. The van der Waals surface area contributed by atoms with Gasteiger partial charge in [-0.1, -0.05) is 26.2 Å². The summed E-state index contributed by atoms with van der Waals surface area (Å²) in [6, 6.07) is 0. The Bertz CT molecular complexity index is 175. The van der Waals surface area contributed by atoms with Gasteiger partial charge in [-0.3, -0.25) is 0 Å². The van der Waals surface area contributed by atoms with Gasteiger partial charge in [0.15, 0.2) is 0 Å². The van der Waals surface area contributed by atoms with Crippen LogP contribution in [-0.2, 0) is 15.6 Å². The molecule has 14 heavy (non-hydrogen) atoms. The van der Waals surface area contributed by atoms with Gasteiger partial charge in [0.2, 0.25) is 10.9 Å². The SMILES string of the molecule is CCCCCCOCCCN[SH](=O)=O. The molecule has 0 saturated carbocycles. The lowest BCUT2D eigenvalue weighted by Crippen LogP contribution is -2.14. The van der Waals surface area contributed by atoms with E-state index in [0.29, 0.717) is 13.2 Å². The highest BCUT2D eigenvalue weighted by molar-refractivity contribution is 7.70. The lowest BCUT2D eigenvalue weighted by molar-refractivity contribution is 0.128. The molecule has 0 saturated heterocycles. The third-order valence-corrected chi connectivity index (χ3v) is 2.33. The Labute approximate surface area is 88.1 Å².